The Bertz CT molecular complexity index is 1610. The van der Waals surface area contributed by atoms with Crippen LogP contribution >= 0.6 is 22.7 Å². The highest BCUT2D eigenvalue weighted by molar-refractivity contribution is 7.09. The fourth-order valence-electron chi connectivity index (χ4n) is 5.01. The molecule has 2 aromatic carbocycles. The fraction of sp³-hybridized carbons (Fsp3) is 0.400. The molecular formula is C35H45N7O6S2. The molecule has 15 heteroatoms. The van der Waals surface area contributed by atoms with Gasteiger partial charge in [0.05, 0.1) is 41.4 Å². The molecule has 4 amide bonds. The second-order valence-corrected chi connectivity index (χ2v) is 13.9. The lowest BCUT2D eigenvalue weighted by molar-refractivity contribution is -0.125. The number of methoxy groups -OCH3 is 1. The number of thiazole rings is 2. The first-order valence-electron chi connectivity index (χ1n) is 16.2. The first kappa shape index (κ1) is 38.4. The van der Waals surface area contributed by atoms with Gasteiger partial charge in [-0.05, 0) is 23.5 Å². The van der Waals surface area contributed by atoms with Gasteiger partial charge in [-0.1, -0.05) is 74.5 Å². The van der Waals surface area contributed by atoms with Crippen molar-refractivity contribution in [2.75, 3.05) is 20.7 Å². The van der Waals surface area contributed by atoms with E-state index in [9.17, 15) is 19.5 Å². The molecule has 4 rings (SSSR count). The minimum Gasteiger partial charge on any atom is -0.444 e. The predicted molar refractivity (Wildman–Crippen MR) is 192 cm³/mol. The first-order valence-corrected chi connectivity index (χ1v) is 17.9. The quantitative estimate of drug-likeness (QED) is 0.0946. The van der Waals surface area contributed by atoms with Crippen molar-refractivity contribution in [1.82, 2.24) is 36.1 Å². The van der Waals surface area contributed by atoms with Gasteiger partial charge in [-0.3, -0.25) is 15.1 Å². The largest absolute Gasteiger partial charge is 0.444 e. The molecular weight excluding hydrogens is 679 g/mol. The summed E-state index contributed by atoms with van der Waals surface area (Å²) in [4.78, 5) is 50.4. The van der Waals surface area contributed by atoms with Crippen LogP contribution in [0.2, 0.25) is 0 Å². The fourth-order valence-corrected chi connectivity index (χ4v) is 6.27. The van der Waals surface area contributed by atoms with E-state index in [-0.39, 0.29) is 25.6 Å². The maximum absolute atomic E-state index is 13.7. The number of aliphatic hydroxyl groups excluding tert-OH is 1. The lowest BCUT2D eigenvalue weighted by atomic mass is 10.0. The molecule has 0 bridgehead atoms. The van der Waals surface area contributed by atoms with Gasteiger partial charge in [-0.25, -0.2) is 14.6 Å². The van der Waals surface area contributed by atoms with E-state index >= 15 is 0 Å². The van der Waals surface area contributed by atoms with Crippen LogP contribution in [0.4, 0.5) is 9.59 Å². The molecule has 4 atom stereocenters. The Balaban J connectivity index is 1.41. The van der Waals surface area contributed by atoms with E-state index in [0.717, 1.165) is 26.7 Å². The minimum absolute atomic E-state index is 0.00656. The smallest absolute Gasteiger partial charge is 0.407 e. The van der Waals surface area contributed by atoms with Crippen LogP contribution in [-0.2, 0) is 40.4 Å². The van der Waals surface area contributed by atoms with Crippen molar-refractivity contribution in [3.05, 3.63) is 104 Å². The molecule has 13 nitrogen and oxygen atoms in total. The van der Waals surface area contributed by atoms with Gasteiger partial charge in [-0.2, -0.15) is 0 Å². The number of benzene rings is 2. The molecule has 0 saturated heterocycles. The molecule has 0 radical (unpaired) electrons. The molecule has 2 heterocycles. The van der Waals surface area contributed by atoms with Gasteiger partial charge in [0.25, 0.3) is 0 Å². The maximum atomic E-state index is 13.7. The number of hydrogen-bond acceptors (Lipinski definition) is 11. The van der Waals surface area contributed by atoms with E-state index in [4.69, 9.17) is 9.47 Å². The van der Waals surface area contributed by atoms with Gasteiger partial charge in [0.2, 0.25) is 5.91 Å². The van der Waals surface area contributed by atoms with Crippen LogP contribution in [0.5, 0.6) is 0 Å². The number of amides is 4. The number of carbonyl (C=O) groups is 3. The second kappa shape index (κ2) is 19.7. The Labute approximate surface area is 300 Å². The molecule has 0 aliphatic heterocycles. The Morgan fingerprint density at radius 2 is 1.68 bits per heavy atom. The van der Waals surface area contributed by atoms with Crippen molar-refractivity contribution in [1.29, 1.82) is 0 Å². The Morgan fingerprint density at radius 1 is 0.960 bits per heavy atom. The van der Waals surface area contributed by atoms with Gasteiger partial charge in [0.1, 0.15) is 23.8 Å². The average molecular weight is 724 g/mol. The molecule has 0 aliphatic rings. The number of nitrogens with zero attached hydrogens (tertiary/aromatic N) is 3. The molecule has 0 spiro atoms. The normalized spacial score (nSPS) is 13.6. The van der Waals surface area contributed by atoms with Crippen molar-refractivity contribution in [2.24, 2.45) is 5.92 Å². The minimum atomic E-state index is -1.07. The molecule has 2 aromatic heterocycles. The Morgan fingerprint density at radius 3 is 2.34 bits per heavy atom. The summed E-state index contributed by atoms with van der Waals surface area (Å²) < 4.78 is 10.5. The summed E-state index contributed by atoms with van der Waals surface area (Å²) in [6.45, 7) is 4.44. The van der Waals surface area contributed by atoms with E-state index < -0.39 is 42.4 Å². The van der Waals surface area contributed by atoms with Crippen LogP contribution in [0.3, 0.4) is 0 Å². The standard InChI is InChI=1S/C35H45N7O6S2/c1-23(2)31(40-34(45)42(3)18-26-21-49-30(38-26)20-47-4)33(44)41-32(25-13-9-6-10-14-25)37-17-29(43)28(15-24-11-7-5-8-12-24)39-35(46)48-19-27-16-36-22-50-27/h5-14,16,21-23,28-29,31-32,37,43H,15,17-20H2,1-4H3,(H,39,46)(H,40,45)(H,41,44)/t28-,29-,31?,32?/m0/s1. The average Bonchev–Trinajstić information content (AvgIpc) is 3.80. The van der Waals surface area contributed by atoms with Crippen LogP contribution in [-0.4, -0.2) is 76.9 Å². The first-order chi connectivity index (χ1) is 24.1. The van der Waals surface area contributed by atoms with Crippen LogP contribution in [0.1, 0.15) is 46.7 Å². The third-order valence-electron chi connectivity index (χ3n) is 7.69. The number of ether oxygens (including phenoxy) is 2. The molecule has 0 aliphatic carbocycles. The molecule has 4 aromatic rings. The highest BCUT2D eigenvalue weighted by Crippen LogP contribution is 2.15. The van der Waals surface area contributed by atoms with Crippen molar-refractivity contribution in [3.8, 4) is 0 Å². The summed E-state index contributed by atoms with van der Waals surface area (Å²) in [5, 5.41) is 26.0. The lowest BCUT2D eigenvalue weighted by Crippen LogP contribution is -2.55. The van der Waals surface area contributed by atoms with Gasteiger partial charge in [-0.15, -0.1) is 22.7 Å². The van der Waals surface area contributed by atoms with Crippen LogP contribution in [0, 0.1) is 5.92 Å². The molecule has 0 fully saturated rings. The van der Waals surface area contributed by atoms with E-state index in [1.807, 2.05) is 79.9 Å². The summed E-state index contributed by atoms with van der Waals surface area (Å²) in [5.41, 5.74) is 4.04. The molecule has 50 heavy (non-hydrogen) atoms. The van der Waals surface area contributed by atoms with Crippen LogP contribution in [0.25, 0.3) is 0 Å². The van der Waals surface area contributed by atoms with Crippen LogP contribution in [0.15, 0.2) is 77.8 Å². The summed E-state index contributed by atoms with van der Waals surface area (Å²) in [7, 11) is 3.24. The van der Waals surface area contributed by atoms with E-state index in [0.29, 0.717) is 13.0 Å². The zero-order valence-corrected chi connectivity index (χ0v) is 30.2. The molecule has 2 unspecified atom stereocenters. The number of nitrogens with one attached hydrogen (secondary N) is 4. The third-order valence-corrected chi connectivity index (χ3v) is 9.31. The third kappa shape index (κ3) is 12.2. The Hall–Kier alpha value is -4.41. The van der Waals surface area contributed by atoms with Crippen molar-refractivity contribution < 1.29 is 29.0 Å². The number of aromatic nitrogens is 2. The number of carbonyl (C=O) groups excluding carboxylic acids is 3. The number of alkyl carbamates (subject to hydrolysis) is 1. The van der Waals surface area contributed by atoms with Crippen molar-refractivity contribution >= 4 is 40.7 Å². The SMILES string of the molecule is COCc1nc(CN(C)C(=O)NC(C(=O)NC(NC[C@H](O)[C@H](Cc2ccccc2)NC(=O)OCc2cncs2)c2ccccc2)C(C)C)cs1. The monoisotopic (exact) mass is 723 g/mol. The van der Waals surface area contributed by atoms with Gasteiger partial charge >= 0.3 is 12.1 Å². The maximum Gasteiger partial charge on any atom is 0.407 e. The summed E-state index contributed by atoms with van der Waals surface area (Å²) >= 11 is 2.83. The van der Waals surface area contributed by atoms with Crippen molar-refractivity contribution in [3.63, 3.8) is 0 Å². The molecule has 268 valence electrons. The summed E-state index contributed by atoms with van der Waals surface area (Å²) in [6, 6.07) is 16.8. The highest BCUT2D eigenvalue weighted by Gasteiger charge is 2.29. The highest BCUT2D eigenvalue weighted by atomic mass is 32.1. The van der Waals surface area contributed by atoms with Crippen molar-refractivity contribution in [2.45, 2.75) is 64.4 Å². The number of aliphatic hydroxyl groups is 1. The topological polar surface area (TPSA) is 167 Å². The Kier molecular flexibility index (Phi) is 15.1. The second-order valence-electron chi connectivity index (χ2n) is 12.0. The zero-order chi connectivity index (χ0) is 35.9. The number of hydrogen-bond donors (Lipinski definition) is 5. The van der Waals surface area contributed by atoms with E-state index in [1.54, 1.807) is 25.9 Å². The predicted octanol–water partition coefficient (Wildman–Crippen LogP) is 4.22. The summed E-state index contributed by atoms with van der Waals surface area (Å²) in [6.07, 6.45) is -0.494. The van der Waals surface area contributed by atoms with E-state index in [2.05, 4.69) is 31.2 Å². The lowest BCUT2D eigenvalue weighted by Gasteiger charge is -2.30. The van der Waals surface area contributed by atoms with Gasteiger partial charge in [0.15, 0.2) is 0 Å². The number of urea groups is 1. The van der Waals surface area contributed by atoms with Crippen LogP contribution < -0.4 is 21.3 Å². The zero-order valence-electron chi connectivity index (χ0n) is 28.6. The molecule has 5 N–H and O–H groups in total. The van der Waals surface area contributed by atoms with Gasteiger partial charge < -0.3 is 35.4 Å². The molecule has 0 saturated carbocycles. The van der Waals surface area contributed by atoms with E-state index in [1.165, 1.54) is 27.6 Å². The number of rotatable bonds is 18. The summed E-state index contributed by atoms with van der Waals surface area (Å²) in [5.74, 6) is -0.642. The van der Waals surface area contributed by atoms with Gasteiger partial charge in [0, 0.05) is 32.3 Å².